The van der Waals surface area contributed by atoms with Gasteiger partial charge in [0, 0.05) is 17.3 Å². The quantitative estimate of drug-likeness (QED) is 0.434. The highest BCUT2D eigenvalue weighted by Crippen LogP contribution is 2.19. The summed E-state index contributed by atoms with van der Waals surface area (Å²) in [7, 11) is 0. The van der Waals surface area contributed by atoms with Gasteiger partial charge in [-0.3, -0.25) is 14.4 Å². The zero-order valence-electron chi connectivity index (χ0n) is 16.1. The Morgan fingerprint density at radius 3 is 2.43 bits per heavy atom. The van der Waals surface area contributed by atoms with E-state index < -0.39 is 0 Å². The normalized spacial score (nSPS) is 10.8. The Morgan fingerprint density at radius 1 is 1.18 bits per heavy atom. The number of benzene rings is 1. The lowest BCUT2D eigenvalue weighted by atomic mass is 10.1. The molecule has 0 unspecified atom stereocenters. The number of hydrogen-bond donors (Lipinski definition) is 3. The van der Waals surface area contributed by atoms with Gasteiger partial charge < -0.3 is 20.3 Å². The molecule has 9 heteroatoms. The maximum atomic E-state index is 12.2. The fourth-order valence-corrected chi connectivity index (χ4v) is 3.23. The number of nitrogens with one attached hydrogen (secondary N) is 2. The van der Waals surface area contributed by atoms with Gasteiger partial charge in [-0.15, -0.1) is 0 Å². The topological polar surface area (TPSA) is 113 Å². The summed E-state index contributed by atoms with van der Waals surface area (Å²) in [6.45, 7) is 4.97. The number of amides is 2. The van der Waals surface area contributed by atoms with Crippen LogP contribution in [0, 0.1) is 0 Å². The van der Waals surface area contributed by atoms with Crippen LogP contribution in [0.4, 0.5) is 5.69 Å². The molecule has 0 radical (unpaired) electrons. The van der Waals surface area contributed by atoms with Gasteiger partial charge in [-0.05, 0) is 45.0 Å². The molecule has 8 nitrogen and oxygen atoms in total. The van der Waals surface area contributed by atoms with E-state index >= 15 is 0 Å². The molecule has 0 fully saturated rings. The lowest BCUT2D eigenvalue weighted by Crippen LogP contribution is -2.33. The third kappa shape index (κ3) is 6.21. The first-order valence-corrected chi connectivity index (χ1v) is 9.77. The van der Waals surface area contributed by atoms with E-state index in [0.29, 0.717) is 22.1 Å². The minimum absolute atomic E-state index is 0.00451. The number of ketones is 1. The van der Waals surface area contributed by atoms with E-state index in [1.54, 1.807) is 28.8 Å². The SMILES string of the molecule is CC(=O)c1ccc(NC(=O)CSc2ncc(CO)n2CC(=O)NC(C)C)cc1. The van der Waals surface area contributed by atoms with Crippen LogP contribution in [-0.2, 0) is 22.7 Å². The minimum atomic E-state index is -0.253. The van der Waals surface area contributed by atoms with Crippen LogP contribution in [0.25, 0.3) is 0 Å². The lowest BCUT2D eigenvalue weighted by molar-refractivity contribution is -0.122. The van der Waals surface area contributed by atoms with Crippen LogP contribution < -0.4 is 10.6 Å². The van der Waals surface area contributed by atoms with E-state index in [0.717, 1.165) is 0 Å². The fraction of sp³-hybridized carbons (Fsp3) is 0.368. The number of aromatic nitrogens is 2. The lowest BCUT2D eigenvalue weighted by Gasteiger charge is -2.13. The van der Waals surface area contributed by atoms with Gasteiger partial charge in [0.2, 0.25) is 11.8 Å². The number of anilines is 1. The zero-order chi connectivity index (χ0) is 20.7. The predicted octanol–water partition coefficient (Wildman–Crippen LogP) is 1.83. The maximum absolute atomic E-state index is 12.2. The Bertz CT molecular complexity index is 846. The number of carbonyl (C=O) groups is 3. The van der Waals surface area contributed by atoms with Crippen molar-refractivity contribution in [3.63, 3.8) is 0 Å². The van der Waals surface area contributed by atoms with Crippen molar-refractivity contribution >= 4 is 35.0 Å². The van der Waals surface area contributed by atoms with Crippen molar-refractivity contribution in [1.82, 2.24) is 14.9 Å². The Kier molecular flexibility index (Phi) is 7.77. The molecule has 2 amide bonds. The molecule has 0 atom stereocenters. The van der Waals surface area contributed by atoms with Gasteiger partial charge in [0.1, 0.15) is 6.54 Å². The van der Waals surface area contributed by atoms with E-state index in [9.17, 15) is 19.5 Å². The van der Waals surface area contributed by atoms with Gasteiger partial charge in [0.05, 0.1) is 24.3 Å². The van der Waals surface area contributed by atoms with Gasteiger partial charge in [-0.2, -0.15) is 0 Å². The Hall–Kier alpha value is -2.65. The van der Waals surface area contributed by atoms with Crippen LogP contribution in [0.5, 0.6) is 0 Å². The van der Waals surface area contributed by atoms with E-state index in [-0.39, 0.29) is 42.5 Å². The summed E-state index contributed by atoms with van der Waals surface area (Å²) >= 11 is 1.17. The minimum Gasteiger partial charge on any atom is -0.390 e. The van der Waals surface area contributed by atoms with Crippen LogP contribution >= 0.6 is 11.8 Å². The van der Waals surface area contributed by atoms with Crippen LogP contribution in [-0.4, -0.2) is 44.0 Å². The Labute approximate surface area is 167 Å². The van der Waals surface area contributed by atoms with E-state index in [1.165, 1.54) is 24.9 Å². The molecule has 3 N–H and O–H groups in total. The second-order valence-corrected chi connectivity index (χ2v) is 7.41. The molecule has 0 bridgehead atoms. The van der Waals surface area contributed by atoms with Crippen LogP contribution in [0.1, 0.15) is 36.8 Å². The average molecular weight is 404 g/mol. The number of hydrogen-bond acceptors (Lipinski definition) is 6. The first kappa shape index (κ1) is 21.6. The second-order valence-electron chi connectivity index (χ2n) is 6.47. The molecule has 0 aliphatic rings. The Balaban J connectivity index is 1.97. The van der Waals surface area contributed by atoms with Gasteiger partial charge in [-0.25, -0.2) is 4.98 Å². The van der Waals surface area contributed by atoms with Gasteiger partial charge >= 0.3 is 0 Å². The van der Waals surface area contributed by atoms with Crippen molar-refractivity contribution in [2.75, 3.05) is 11.1 Å². The Morgan fingerprint density at radius 2 is 1.86 bits per heavy atom. The molecule has 1 aromatic carbocycles. The molecule has 2 aromatic rings. The number of thioether (sulfide) groups is 1. The standard InChI is InChI=1S/C19H24N4O4S/c1-12(2)21-17(26)9-23-16(10-24)8-20-19(23)28-11-18(27)22-15-6-4-14(5-7-15)13(3)25/h4-8,12,24H,9-11H2,1-3H3,(H,21,26)(H,22,27). The van der Waals surface area contributed by atoms with Crippen molar-refractivity contribution in [3.8, 4) is 0 Å². The molecular weight excluding hydrogens is 380 g/mol. The summed E-state index contributed by atoms with van der Waals surface area (Å²) in [5.74, 6) is -0.393. The van der Waals surface area contributed by atoms with Crippen molar-refractivity contribution in [3.05, 3.63) is 41.7 Å². The van der Waals surface area contributed by atoms with E-state index in [2.05, 4.69) is 15.6 Å². The third-order valence-electron chi connectivity index (χ3n) is 3.72. The smallest absolute Gasteiger partial charge is 0.240 e. The van der Waals surface area contributed by atoms with Gasteiger partial charge in [0.15, 0.2) is 10.9 Å². The fourth-order valence-electron chi connectivity index (χ4n) is 2.43. The van der Waals surface area contributed by atoms with Crippen LogP contribution in [0.3, 0.4) is 0 Å². The van der Waals surface area contributed by atoms with Crippen molar-refractivity contribution in [1.29, 1.82) is 0 Å². The van der Waals surface area contributed by atoms with Gasteiger partial charge in [-0.1, -0.05) is 11.8 Å². The molecule has 0 aliphatic carbocycles. The van der Waals surface area contributed by atoms with Gasteiger partial charge in [0.25, 0.3) is 0 Å². The van der Waals surface area contributed by atoms with E-state index in [1.807, 2.05) is 13.8 Å². The average Bonchev–Trinajstić information content (AvgIpc) is 3.01. The number of Topliss-reactive ketones (excluding diaryl/α,β-unsaturated/α-hetero) is 1. The molecule has 0 aliphatic heterocycles. The molecule has 150 valence electrons. The summed E-state index contributed by atoms with van der Waals surface area (Å²) in [5, 5.41) is 15.5. The molecular formula is C19H24N4O4S. The first-order chi connectivity index (χ1) is 13.3. The van der Waals surface area contributed by atoms with Crippen molar-refractivity contribution < 1.29 is 19.5 Å². The van der Waals surface area contributed by atoms with Crippen LogP contribution in [0.15, 0.2) is 35.6 Å². The largest absolute Gasteiger partial charge is 0.390 e. The second kappa shape index (κ2) is 10.0. The number of nitrogens with zero attached hydrogens (tertiary/aromatic N) is 2. The number of aliphatic hydroxyl groups excluding tert-OH is 1. The highest BCUT2D eigenvalue weighted by Gasteiger charge is 2.15. The maximum Gasteiger partial charge on any atom is 0.240 e. The summed E-state index contributed by atoms with van der Waals surface area (Å²) in [6, 6.07) is 6.64. The molecule has 2 rings (SSSR count). The van der Waals surface area contributed by atoms with Crippen LogP contribution in [0.2, 0.25) is 0 Å². The number of rotatable bonds is 9. The summed E-state index contributed by atoms with van der Waals surface area (Å²) in [5.41, 5.74) is 1.67. The number of imidazole rings is 1. The predicted molar refractivity (Wildman–Crippen MR) is 107 cm³/mol. The summed E-state index contributed by atoms with van der Waals surface area (Å²) < 4.78 is 1.59. The zero-order valence-corrected chi connectivity index (χ0v) is 16.9. The monoisotopic (exact) mass is 404 g/mol. The van der Waals surface area contributed by atoms with Crippen molar-refractivity contribution in [2.45, 2.75) is 45.1 Å². The summed E-state index contributed by atoms with van der Waals surface area (Å²) in [4.78, 5) is 39.7. The third-order valence-corrected chi connectivity index (χ3v) is 4.71. The number of aliphatic hydroxyl groups is 1. The highest BCUT2D eigenvalue weighted by molar-refractivity contribution is 7.99. The van der Waals surface area contributed by atoms with E-state index in [4.69, 9.17) is 0 Å². The molecule has 1 heterocycles. The molecule has 28 heavy (non-hydrogen) atoms. The molecule has 0 saturated heterocycles. The number of carbonyl (C=O) groups excluding carboxylic acids is 3. The molecule has 1 aromatic heterocycles. The molecule has 0 spiro atoms. The van der Waals surface area contributed by atoms with Crippen molar-refractivity contribution in [2.24, 2.45) is 0 Å². The summed E-state index contributed by atoms with van der Waals surface area (Å²) in [6.07, 6.45) is 1.49. The molecule has 0 saturated carbocycles. The first-order valence-electron chi connectivity index (χ1n) is 8.78. The highest BCUT2D eigenvalue weighted by atomic mass is 32.2.